The minimum Gasteiger partial charge on any atom is -0.481 e. The molecule has 0 bridgehead atoms. The van der Waals surface area contributed by atoms with Crippen LogP contribution in [0.25, 0.3) is 0 Å². The number of nitrogens with zero attached hydrogens (tertiary/aromatic N) is 1. The molecule has 1 N–H and O–H groups in total. The summed E-state index contributed by atoms with van der Waals surface area (Å²) in [4.78, 5) is 24.8. The van der Waals surface area contributed by atoms with Gasteiger partial charge in [-0.15, -0.1) is 0 Å². The first-order valence-electron chi connectivity index (χ1n) is 6.00. The zero-order chi connectivity index (χ0) is 13.3. The van der Waals surface area contributed by atoms with E-state index in [-0.39, 0.29) is 12.3 Å². The molecule has 1 aromatic rings. The van der Waals surface area contributed by atoms with E-state index >= 15 is 0 Å². The van der Waals surface area contributed by atoms with E-state index in [0.29, 0.717) is 6.54 Å². The van der Waals surface area contributed by atoms with Crippen molar-refractivity contribution in [2.45, 2.75) is 32.4 Å². The number of rotatable bonds is 3. The summed E-state index contributed by atoms with van der Waals surface area (Å²) in [5.74, 6) is -1.62. The number of hydrogen-bond donors (Lipinski definition) is 1. The van der Waals surface area contributed by atoms with Crippen LogP contribution in [0.1, 0.15) is 25.8 Å². The van der Waals surface area contributed by atoms with E-state index in [1.807, 2.05) is 44.2 Å². The highest BCUT2D eigenvalue weighted by atomic mass is 16.4. The number of carbonyl (C=O) groups excluding carboxylic acids is 1. The largest absolute Gasteiger partial charge is 0.481 e. The molecule has 0 saturated carbocycles. The van der Waals surface area contributed by atoms with E-state index in [0.717, 1.165) is 5.56 Å². The minimum atomic E-state index is -0.899. The number of amides is 1. The van der Waals surface area contributed by atoms with Crippen molar-refractivity contribution < 1.29 is 14.7 Å². The molecule has 0 aliphatic carbocycles. The van der Waals surface area contributed by atoms with E-state index in [4.69, 9.17) is 0 Å². The standard InChI is InChI=1S/C14H17NO3/c1-14(2)11(13(17)18)8-12(16)15(14)9-10-6-4-3-5-7-10/h3-7,11H,8-9H2,1-2H3,(H,17,18)/t11-/m1/s1. The number of carboxylic acids is 1. The molecule has 2 rings (SSSR count). The average molecular weight is 247 g/mol. The van der Waals surface area contributed by atoms with Gasteiger partial charge in [0.25, 0.3) is 0 Å². The SMILES string of the molecule is CC1(C)[C@@H](C(=O)O)CC(=O)N1Cc1ccccc1. The summed E-state index contributed by atoms with van der Waals surface area (Å²) in [5, 5.41) is 9.17. The second-order valence-electron chi connectivity index (χ2n) is 5.21. The number of benzene rings is 1. The predicted molar refractivity (Wildman–Crippen MR) is 66.8 cm³/mol. The number of aliphatic carboxylic acids is 1. The van der Waals surface area contributed by atoms with Crippen LogP contribution in [0.2, 0.25) is 0 Å². The Morgan fingerprint density at radius 2 is 2.00 bits per heavy atom. The van der Waals surface area contributed by atoms with Crippen LogP contribution >= 0.6 is 0 Å². The highest BCUT2D eigenvalue weighted by Crippen LogP contribution is 2.36. The summed E-state index contributed by atoms with van der Waals surface area (Å²) in [5.41, 5.74) is 0.378. The molecule has 1 saturated heterocycles. The predicted octanol–water partition coefficient (Wildman–Crippen LogP) is 1.90. The molecule has 1 aliphatic rings. The first-order valence-corrected chi connectivity index (χ1v) is 6.00. The minimum absolute atomic E-state index is 0.0868. The van der Waals surface area contributed by atoms with Crippen LogP contribution in [-0.4, -0.2) is 27.4 Å². The normalized spacial score (nSPS) is 22.2. The van der Waals surface area contributed by atoms with Crippen molar-refractivity contribution in [3.05, 3.63) is 35.9 Å². The Morgan fingerprint density at radius 1 is 1.39 bits per heavy atom. The molecule has 0 spiro atoms. The van der Waals surface area contributed by atoms with Gasteiger partial charge >= 0.3 is 5.97 Å². The van der Waals surface area contributed by atoms with Crippen LogP contribution in [0.4, 0.5) is 0 Å². The fourth-order valence-corrected chi connectivity index (χ4v) is 2.49. The van der Waals surface area contributed by atoms with Crippen molar-refractivity contribution in [1.29, 1.82) is 0 Å². The Kier molecular flexibility index (Phi) is 3.11. The Labute approximate surface area is 106 Å². The Balaban J connectivity index is 2.23. The van der Waals surface area contributed by atoms with Gasteiger partial charge in [-0.25, -0.2) is 0 Å². The van der Waals surface area contributed by atoms with E-state index < -0.39 is 17.4 Å². The summed E-state index contributed by atoms with van der Waals surface area (Å²) in [6, 6.07) is 9.63. The van der Waals surface area contributed by atoms with Gasteiger partial charge in [0.05, 0.1) is 11.5 Å². The number of hydrogen-bond acceptors (Lipinski definition) is 2. The molecule has 4 nitrogen and oxygen atoms in total. The van der Waals surface area contributed by atoms with Crippen molar-refractivity contribution >= 4 is 11.9 Å². The maximum absolute atomic E-state index is 12.0. The van der Waals surface area contributed by atoms with E-state index in [9.17, 15) is 14.7 Å². The van der Waals surface area contributed by atoms with Crippen molar-refractivity contribution in [3.63, 3.8) is 0 Å². The molecular formula is C14H17NO3. The van der Waals surface area contributed by atoms with Crippen molar-refractivity contribution in [2.24, 2.45) is 5.92 Å². The van der Waals surface area contributed by atoms with Crippen LogP contribution in [0.5, 0.6) is 0 Å². The summed E-state index contributed by atoms with van der Waals surface area (Å²) in [6.07, 6.45) is 0.0924. The van der Waals surface area contributed by atoms with Gasteiger partial charge in [0, 0.05) is 13.0 Å². The molecule has 0 radical (unpaired) electrons. The third kappa shape index (κ3) is 2.10. The molecule has 1 heterocycles. The third-order valence-corrected chi connectivity index (χ3v) is 3.71. The first-order chi connectivity index (χ1) is 8.43. The molecule has 0 aromatic heterocycles. The third-order valence-electron chi connectivity index (χ3n) is 3.71. The van der Waals surface area contributed by atoms with Gasteiger partial charge in [0.15, 0.2) is 0 Å². The highest BCUT2D eigenvalue weighted by Gasteiger charge is 2.49. The summed E-state index contributed by atoms with van der Waals surface area (Å²) in [6.45, 7) is 4.11. The van der Waals surface area contributed by atoms with Gasteiger partial charge in [0.2, 0.25) is 5.91 Å². The van der Waals surface area contributed by atoms with E-state index in [1.165, 1.54) is 0 Å². The maximum Gasteiger partial charge on any atom is 0.309 e. The van der Waals surface area contributed by atoms with Gasteiger partial charge in [-0.1, -0.05) is 30.3 Å². The van der Waals surface area contributed by atoms with Gasteiger partial charge in [-0.2, -0.15) is 0 Å². The van der Waals surface area contributed by atoms with Crippen LogP contribution in [0, 0.1) is 5.92 Å². The molecular weight excluding hydrogens is 230 g/mol. The summed E-state index contributed by atoms with van der Waals surface area (Å²) in [7, 11) is 0. The zero-order valence-electron chi connectivity index (χ0n) is 10.6. The second-order valence-corrected chi connectivity index (χ2v) is 5.21. The van der Waals surface area contributed by atoms with E-state index in [1.54, 1.807) is 4.90 Å². The second kappa shape index (κ2) is 4.44. The first kappa shape index (κ1) is 12.6. The quantitative estimate of drug-likeness (QED) is 0.887. The molecule has 1 fully saturated rings. The van der Waals surface area contributed by atoms with Gasteiger partial charge in [0.1, 0.15) is 0 Å². The lowest BCUT2D eigenvalue weighted by Gasteiger charge is -2.34. The molecule has 0 unspecified atom stereocenters. The molecule has 1 amide bonds. The van der Waals surface area contributed by atoms with Crippen molar-refractivity contribution in [2.75, 3.05) is 0 Å². The highest BCUT2D eigenvalue weighted by molar-refractivity contribution is 5.88. The number of likely N-dealkylation sites (tertiary alicyclic amines) is 1. The van der Waals surface area contributed by atoms with Crippen molar-refractivity contribution in [1.82, 2.24) is 4.90 Å². The Bertz CT molecular complexity index is 467. The van der Waals surface area contributed by atoms with Gasteiger partial charge < -0.3 is 10.0 Å². The lowest BCUT2D eigenvalue weighted by molar-refractivity contribution is -0.144. The van der Waals surface area contributed by atoms with Crippen LogP contribution in [0.3, 0.4) is 0 Å². The van der Waals surface area contributed by atoms with Crippen molar-refractivity contribution in [3.8, 4) is 0 Å². The molecule has 4 heteroatoms. The monoisotopic (exact) mass is 247 g/mol. The molecule has 18 heavy (non-hydrogen) atoms. The summed E-state index contributed by atoms with van der Waals surface area (Å²) < 4.78 is 0. The van der Waals surface area contributed by atoms with E-state index in [2.05, 4.69) is 0 Å². The van der Waals surface area contributed by atoms with Crippen LogP contribution < -0.4 is 0 Å². The molecule has 1 aliphatic heterocycles. The number of carboxylic acid groups (broad SMARTS) is 1. The number of carbonyl (C=O) groups is 2. The molecule has 1 aromatic carbocycles. The molecule has 1 atom stereocenters. The Morgan fingerprint density at radius 3 is 2.50 bits per heavy atom. The Hall–Kier alpha value is -1.84. The fraction of sp³-hybridized carbons (Fsp3) is 0.429. The maximum atomic E-state index is 12.0. The fourth-order valence-electron chi connectivity index (χ4n) is 2.49. The summed E-state index contributed by atoms with van der Waals surface area (Å²) >= 11 is 0. The van der Waals surface area contributed by atoms with Gasteiger partial charge in [-0.3, -0.25) is 9.59 Å². The topological polar surface area (TPSA) is 57.6 Å². The average Bonchev–Trinajstić information content (AvgIpc) is 2.54. The lowest BCUT2D eigenvalue weighted by Crippen LogP contribution is -2.45. The van der Waals surface area contributed by atoms with Crippen LogP contribution in [-0.2, 0) is 16.1 Å². The zero-order valence-corrected chi connectivity index (χ0v) is 10.6. The lowest BCUT2D eigenvalue weighted by atomic mass is 9.88. The smallest absolute Gasteiger partial charge is 0.309 e. The van der Waals surface area contributed by atoms with Crippen LogP contribution in [0.15, 0.2) is 30.3 Å². The molecule has 96 valence electrons. The van der Waals surface area contributed by atoms with Gasteiger partial charge in [-0.05, 0) is 19.4 Å².